The molecule has 1 aromatic heterocycles. The van der Waals surface area contributed by atoms with Gasteiger partial charge < -0.3 is 0 Å². The van der Waals surface area contributed by atoms with E-state index in [2.05, 4.69) is 103 Å². The summed E-state index contributed by atoms with van der Waals surface area (Å²) in [6.45, 7) is 10.6. The summed E-state index contributed by atoms with van der Waals surface area (Å²) < 4.78 is 2.01. The van der Waals surface area contributed by atoms with Crippen molar-refractivity contribution in [2.24, 2.45) is 5.10 Å². The van der Waals surface area contributed by atoms with Gasteiger partial charge in [0.05, 0.1) is 11.5 Å². The number of aromatic nitrogens is 3. The molecule has 0 aliphatic rings. The third kappa shape index (κ3) is 6.00. The minimum absolute atomic E-state index is 0.0615. The third-order valence-corrected chi connectivity index (χ3v) is 7.72. The predicted molar refractivity (Wildman–Crippen MR) is 165 cm³/mol. The van der Waals surface area contributed by atoms with Crippen molar-refractivity contribution in [1.29, 1.82) is 0 Å². The molecule has 0 radical (unpaired) electrons. The van der Waals surface area contributed by atoms with Crippen LogP contribution in [-0.4, -0.2) is 32.1 Å². The van der Waals surface area contributed by atoms with Crippen molar-refractivity contribution in [1.82, 2.24) is 20.2 Å². The van der Waals surface area contributed by atoms with Crippen LogP contribution in [0.5, 0.6) is 0 Å². The van der Waals surface area contributed by atoms with Gasteiger partial charge in [-0.15, -0.1) is 10.2 Å². The van der Waals surface area contributed by atoms with Crippen LogP contribution in [0.15, 0.2) is 101 Å². The molecule has 6 nitrogen and oxygen atoms in total. The van der Waals surface area contributed by atoms with Gasteiger partial charge in [-0.25, -0.2) is 5.43 Å². The molecule has 0 unspecified atom stereocenters. The average Bonchev–Trinajstić information content (AvgIpc) is 3.38. The van der Waals surface area contributed by atoms with E-state index in [1.54, 1.807) is 0 Å². The highest BCUT2D eigenvalue weighted by molar-refractivity contribution is 7.99. The van der Waals surface area contributed by atoms with Crippen molar-refractivity contribution >= 4 is 34.2 Å². The number of nitrogens with one attached hydrogen (secondary N) is 1. The molecule has 0 saturated heterocycles. The highest BCUT2D eigenvalue weighted by atomic mass is 32.2. The van der Waals surface area contributed by atoms with E-state index in [1.165, 1.54) is 22.9 Å². The second-order valence-electron chi connectivity index (χ2n) is 10.9. The van der Waals surface area contributed by atoms with Crippen LogP contribution in [0.2, 0.25) is 0 Å². The van der Waals surface area contributed by atoms with Gasteiger partial charge in [0.1, 0.15) is 0 Å². The Bertz CT molecular complexity index is 1670. The van der Waals surface area contributed by atoms with Crippen molar-refractivity contribution in [3.63, 3.8) is 0 Å². The SMILES string of the molecule is C/C(=N/NC(=O)CSc1nnc(-c2ccc(C(C)(C)C)cc2)n1-c1ccc(C)cc1)c1cccc2ccccc12. The van der Waals surface area contributed by atoms with Gasteiger partial charge >= 0.3 is 0 Å². The lowest BCUT2D eigenvalue weighted by atomic mass is 9.87. The fourth-order valence-electron chi connectivity index (χ4n) is 4.51. The zero-order valence-electron chi connectivity index (χ0n) is 23.5. The number of hydrazone groups is 1. The van der Waals surface area contributed by atoms with E-state index in [0.29, 0.717) is 5.16 Å². The maximum absolute atomic E-state index is 12.8. The molecule has 1 heterocycles. The number of amides is 1. The van der Waals surface area contributed by atoms with E-state index in [1.807, 2.05) is 47.9 Å². The molecule has 7 heteroatoms. The summed E-state index contributed by atoms with van der Waals surface area (Å²) in [6.07, 6.45) is 0. The Morgan fingerprint density at radius 1 is 0.900 bits per heavy atom. The van der Waals surface area contributed by atoms with Gasteiger partial charge in [0.2, 0.25) is 0 Å². The average molecular weight is 548 g/mol. The normalized spacial score (nSPS) is 12.1. The zero-order valence-corrected chi connectivity index (χ0v) is 24.3. The predicted octanol–water partition coefficient (Wildman–Crippen LogP) is 7.33. The van der Waals surface area contributed by atoms with Gasteiger partial charge in [-0.05, 0) is 47.7 Å². The molecular weight excluding hydrogens is 514 g/mol. The monoisotopic (exact) mass is 547 g/mol. The molecule has 0 saturated carbocycles. The van der Waals surface area contributed by atoms with Crippen molar-refractivity contribution in [3.8, 4) is 17.1 Å². The maximum atomic E-state index is 12.8. The first-order chi connectivity index (χ1) is 19.2. The van der Waals surface area contributed by atoms with Crippen LogP contribution in [0, 0.1) is 6.92 Å². The first-order valence-electron chi connectivity index (χ1n) is 13.3. The standard InChI is InChI=1S/C33H33N5OS/c1-22-13-19-27(20-14-22)38-31(25-15-17-26(18-16-25)33(3,4)5)36-37-32(38)40-21-30(39)35-34-23(2)28-12-8-10-24-9-6-7-11-29(24)28/h6-20H,21H2,1-5H3,(H,35,39)/b34-23-. The summed E-state index contributed by atoms with van der Waals surface area (Å²) in [5.74, 6) is 0.676. The van der Waals surface area contributed by atoms with Gasteiger partial charge in [-0.2, -0.15) is 5.10 Å². The van der Waals surface area contributed by atoms with E-state index in [-0.39, 0.29) is 17.1 Å². The molecule has 0 spiro atoms. The van der Waals surface area contributed by atoms with Crippen molar-refractivity contribution < 1.29 is 4.79 Å². The molecule has 202 valence electrons. The number of benzene rings is 4. The summed E-state index contributed by atoms with van der Waals surface area (Å²) in [7, 11) is 0. The lowest BCUT2D eigenvalue weighted by Crippen LogP contribution is -2.21. The van der Waals surface area contributed by atoms with Crippen molar-refractivity contribution in [2.45, 2.75) is 45.2 Å². The quantitative estimate of drug-likeness (QED) is 0.132. The van der Waals surface area contributed by atoms with Gasteiger partial charge in [0, 0.05) is 16.8 Å². The number of nitrogens with zero attached hydrogens (tertiary/aromatic N) is 4. The van der Waals surface area contributed by atoms with Gasteiger partial charge in [-0.3, -0.25) is 9.36 Å². The van der Waals surface area contributed by atoms with E-state index in [0.717, 1.165) is 39.1 Å². The molecule has 0 atom stereocenters. The molecule has 40 heavy (non-hydrogen) atoms. The Balaban J connectivity index is 1.36. The fourth-order valence-corrected chi connectivity index (χ4v) is 5.25. The molecule has 1 amide bonds. The number of rotatable bonds is 7. The minimum Gasteiger partial charge on any atom is -0.272 e. The molecule has 0 aliphatic heterocycles. The van der Waals surface area contributed by atoms with Crippen LogP contribution >= 0.6 is 11.8 Å². The number of hydrogen-bond acceptors (Lipinski definition) is 5. The highest BCUT2D eigenvalue weighted by Gasteiger charge is 2.19. The van der Waals surface area contributed by atoms with Crippen LogP contribution in [0.1, 0.15) is 44.4 Å². The Labute approximate surface area is 239 Å². The third-order valence-electron chi connectivity index (χ3n) is 6.79. The van der Waals surface area contributed by atoms with Gasteiger partial charge in [0.25, 0.3) is 5.91 Å². The summed E-state index contributed by atoms with van der Waals surface area (Å²) >= 11 is 1.34. The molecule has 0 bridgehead atoms. The Kier molecular flexibility index (Phi) is 7.85. The number of carbonyl (C=O) groups excluding carboxylic acids is 1. The largest absolute Gasteiger partial charge is 0.272 e. The Morgan fingerprint density at radius 3 is 2.33 bits per heavy atom. The van der Waals surface area contributed by atoms with Crippen LogP contribution in [0.25, 0.3) is 27.8 Å². The molecular formula is C33H33N5OS. The van der Waals surface area contributed by atoms with Crippen molar-refractivity contribution in [3.05, 3.63) is 108 Å². The molecule has 5 rings (SSSR count). The fraction of sp³-hybridized carbons (Fsp3) is 0.212. The highest BCUT2D eigenvalue weighted by Crippen LogP contribution is 2.30. The second-order valence-corrected chi connectivity index (χ2v) is 11.8. The second kappa shape index (κ2) is 11.5. The smallest absolute Gasteiger partial charge is 0.250 e. The van der Waals surface area contributed by atoms with Crippen LogP contribution in [0.3, 0.4) is 0 Å². The summed E-state index contributed by atoms with van der Waals surface area (Å²) in [4.78, 5) is 12.8. The molecule has 1 N–H and O–H groups in total. The summed E-state index contributed by atoms with van der Waals surface area (Å²) in [5, 5.41) is 16.3. The topological polar surface area (TPSA) is 72.2 Å². The minimum atomic E-state index is -0.209. The number of fused-ring (bicyclic) bond motifs is 1. The van der Waals surface area contributed by atoms with Crippen molar-refractivity contribution in [2.75, 3.05) is 5.75 Å². The maximum Gasteiger partial charge on any atom is 0.250 e. The number of aryl methyl sites for hydroxylation is 1. The molecule has 4 aromatic carbocycles. The molecule has 0 aliphatic carbocycles. The van der Waals surface area contributed by atoms with Crippen LogP contribution in [0.4, 0.5) is 0 Å². The van der Waals surface area contributed by atoms with Gasteiger partial charge in [-0.1, -0.05) is 117 Å². The van der Waals surface area contributed by atoms with E-state index >= 15 is 0 Å². The Hall–Kier alpha value is -4.23. The Morgan fingerprint density at radius 2 is 1.60 bits per heavy atom. The zero-order chi connectivity index (χ0) is 28.3. The number of hydrogen-bond donors (Lipinski definition) is 1. The van der Waals surface area contributed by atoms with Crippen LogP contribution in [-0.2, 0) is 10.2 Å². The van der Waals surface area contributed by atoms with E-state index < -0.39 is 0 Å². The summed E-state index contributed by atoms with van der Waals surface area (Å²) in [5.41, 5.74) is 8.84. The van der Waals surface area contributed by atoms with E-state index in [4.69, 9.17) is 0 Å². The lowest BCUT2D eigenvalue weighted by molar-refractivity contribution is -0.118. The molecule has 0 fully saturated rings. The first-order valence-corrected chi connectivity index (χ1v) is 14.3. The summed E-state index contributed by atoms with van der Waals surface area (Å²) in [6, 6.07) is 30.9. The van der Waals surface area contributed by atoms with Crippen LogP contribution < -0.4 is 5.43 Å². The molecule has 5 aromatic rings. The first kappa shape index (κ1) is 27.3. The lowest BCUT2D eigenvalue weighted by Gasteiger charge is -2.19. The number of thioether (sulfide) groups is 1. The number of carbonyl (C=O) groups is 1. The van der Waals surface area contributed by atoms with E-state index in [9.17, 15) is 4.79 Å². The van der Waals surface area contributed by atoms with Gasteiger partial charge in [0.15, 0.2) is 11.0 Å².